The molecule has 0 bridgehead atoms. The Balaban J connectivity index is 1.22. The Bertz CT molecular complexity index is 1360. The van der Waals surface area contributed by atoms with Crippen molar-refractivity contribution in [1.29, 1.82) is 0 Å². The zero-order chi connectivity index (χ0) is 23.5. The van der Waals surface area contributed by atoms with Gasteiger partial charge in [0.15, 0.2) is 5.79 Å². The quantitative estimate of drug-likeness (QED) is 0.430. The number of ether oxygens (including phenoxy) is 2. The fourth-order valence-electron chi connectivity index (χ4n) is 5.88. The number of aromatic nitrogens is 4. The Morgan fingerprint density at radius 2 is 1.94 bits per heavy atom. The number of nitrogens with two attached hydrogens (primary N) is 1. The normalized spacial score (nSPS) is 26.9. The van der Waals surface area contributed by atoms with E-state index in [1.165, 1.54) is 6.33 Å². The monoisotopic (exact) mass is 459 g/mol. The van der Waals surface area contributed by atoms with Crippen LogP contribution < -0.4 is 10.5 Å². The standard InChI is InChI=1S/C26H29N5O3/c1-25(2,32)34-22-14-26(13-21(22)31-9-7-19-23(27)29-15-30-24(19)31)11-18(12-26)33-17-6-5-16-4-3-8-28-20(16)10-17/h3-10,15,18,21-22,32H,11-14H2,1-2H3,(H2,27,29,30)/t18?,21-,22-,26?/m1/s1. The largest absolute Gasteiger partial charge is 0.490 e. The Morgan fingerprint density at radius 1 is 1.09 bits per heavy atom. The van der Waals surface area contributed by atoms with Crippen LogP contribution in [0.1, 0.15) is 45.6 Å². The molecule has 0 radical (unpaired) electrons. The van der Waals surface area contributed by atoms with Gasteiger partial charge in [0, 0.05) is 23.8 Å². The third-order valence-corrected chi connectivity index (χ3v) is 7.24. The molecule has 176 valence electrons. The third-order valence-electron chi connectivity index (χ3n) is 7.24. The molecular weight excluding hydrogens is 430 g/mol. The van der Waals surface area contributed by atoms with Crippen LogP contribution in [0.15, 0.2) is 55.1 Å². The summed E-state index contributed by atoms with van der Waals surface area (Å²) >= 11 is 0. The SMILES string of the molecule is CC(C)(O)O[C@@H]1CC2(CC(Oc3ccc4cccnc4c3)C2)C[C@H]1n1ccc2c(N)ncnc21. The lowest BCUT2D eigenvalue weighted by molar-refractivity contribution is -0.212. The second-order valence-corrected chi connectivity index (χ2v) is 10.3. The van der Waals surface area contributed by atoms with E-state index < -0.39 is 5.79 Å². The van der Waals surface area contributed by atoms with Crippen LogP contribution in [0.5, 0.6) is 5.75 Å². The van der Waals surface area contributed by atoms with E-state index in [0.29, 0.717) is 5.82 Å². The number of aliphatic hydroxyl groups is 1. The van der Waals surface area contributed by atoms with Crippen molar-refractivity contribution in [1.82, 2.24) is 19.5 Å². The number of pyridine rings is 1. The van der Waals surface area contributed by atoms with Gasteiger partial charge in [0.1, 0.15) is 23.5 Å². The summed E-state index contributed by atoms with van der Waals surface area (Å²) in [6.45, 7) is 3.37. The third kappa shape index (κ3) is 3.76. The highest BCUT2D eigenvalue weighted by Crippen LogP contribution is 2.58. The van der Waals surface area contributed by atoms with E-state index in [2.05, 4.69) is 31.7 Å². The molecule has 34 heavy (non-hydrogen) atoms. The Morgan fingerprint density at radius 3 is 2.76 bits per heavy atom. The number of anilines is 1. The fourth-order valence-corrected chi connectivity index (χ4v) is 5.88. The second kappa shape index (κ2) is 7.65. The van der Waals surface area contributed by atoms with Crippen molar-refractivity contribution in [3.63, 3.8) is 0 Å². The van der Waals surface area contributed by atoms with E-state index in [9.17, 15) is 5.11 Å². The molecule has 3 aromatic heterocycles. The van der Waals surface area contributed by atoms with Gasteiger partial charge in [-0.05, 0) is 69.2 Å². The first-order valence-corrected chi connectivity index (χ1v) is 11.8. The molecule has 1 aromatic carbocycles. The highest BCUT2D eigenvalue weighted by atomic mass is 16.6. The zero-order valence-electron chi connectivity index (χ0n) is 19.4. The van der Waals surface area contributed by atoms with Crippen molar-refractivity contribution in [2.75, 3.05) is 5.73 Å². The molecule has 2 fully saturated rings. The van der Waals surface area contributed by atoms with Gasteiger partial charge in [-0.3, -0.25) is 4.98 Å². The van der Waals surface area contributed by atoms with Crippen molar-refractivity contribution >= 4 is 27.8 Å². The molecule has 6 rings (SSSR count). The minimum absolute atomic E-state index is 0.0454. The Labute approximate surface area is 197 Å². The number of benzene rings is 1. The number of nitrogen functional groups attached to an aromatic ring is 1. The van der Waals surface area contributed by atoms with Gasteiger partial charge in [0.2, 0.25) is 0 Å². The molecule has 3 heterocycles. The predicted octanol–water partition coefficient (Wildman–Crippen LogP) is 4.24. The van der Waals surface area contributed by atoms with Crippen molar-refractivity contribution in [2.45, 2.75) is 63.6 Å². The summed E-state index contributed by atoms with van der Waals surface area (Å²) in [5.74, 6) is 0.107. The topological polar surface area (TPSA) is 108 Å². The maximum atomic E-state index is 10.4. The van der Waals surface area contributed by atoms with Gasteiger partial charge in [-0.25, -0.2) is 9.97 Å². The molecule has 4 aromatic rings. The maximum absolute atomic E-state index is 10.4. The minimum Gasteiger partial charge on any atom is -0.490 e. The molecule has 2 aliphatic rings. The summed E-state index contributed by atoms with van der Waals surface area (Å²) in [6, 6.07) is 12.1. The van der Waals surface area contributed by atoms with Crippen LogP contribution in [0.3, 0.4) is 0 Å². The van der Waals surface area contributed by atoms with Crippen LogP contribution in [-0.4, -0.2) is 42.6 Å². The number of rotatable bonds is 5. The first-order valence-electron chi connectivity index (χ1n) is 11.8. The molecular formula is C26H29N5O3. The molecule has 8 nitrogen and oxygen atoms in total. The summed E-state index contributed by atoms with van der Waals surface area (Å²) < 4.78 is 14.6. The van der Waals surface area contributed by atoms with E-state index in [-0.39, 0.29) is 23.7 Å². The van der Waals surface area contributed by atoms with Crippen molar-refractivity contribution in [2.24, 2.45) is 5.41 Å². The van der Waals surface area contributed by atoms with Crippen LogP contribution in [0.25, 0.3) is 21.9 Å². The Kier molecular flexibility index (Phi) is 4.79. The maximum Gasteiger partial charge on any atom is 0.160 e. The number of fused-ring (bicyclic) bond motifs is 2. The van der Waals surface area contributed by atoms with Gasteiger partial charge in [-0.15, -0.1) is 0 Å². The Hall–Kier alpha value is -3.23. The number of hydrogen-bond acceptors (Lipinski definition) is 7. The van der Waals surface area contributed by atoms with Crippen molar-refractivity contribution in [3.8, 4) is 5.75 Å². The molecule has 2 saturated carbocycles. The average Bonchev–Trinajstić information content (AvgIpc) is 3.35. The zero-order valence-corrected chi connectivity index (χ0v) is 19.4. The molecule has 2 atom stereocenters. The smallest absolute Gasteiger partial charge is 0.160 e. The lowest BCUT2D eigenvalue weighted by Gasteiger charge is -2.45. The van der Waals surface area contributed by atoms with Crippen molar-refractivity contribution in [3.05, 3.63) is 55.1 Å². The molecule has 0 saturated heterocycles. The number of hydrogen-bond donors (Lipinski definition) is 2. The van der Waals surface area contributed by atoms with E-state index in [1.54, 1.807) is 20.0 Å². The molecule has 1 spiro atoms. The molecule has 0 amide bonds. The highest BCUT2D eigenvalue weighted by molar-refractivity contribution is 5.86. The lowest BCUT2D eigenvalue weighted by atomic mass is 9.65. The van der Waals surface area contributed by atoms with Crippen LogP contribution in [0.2, 0.25) is 0 Å². The van der Waals surface area contributed by atoms with Gasteiger partial charge in [0.05, 0.1) is 29.2 Å². The number of nitrogens with zero attached hydrogens (tertiary/aromatic N) is 4. The van der Waals surface area contributed by atoms with Crippen LogP contribution in [-0.2, 0) is 4.74 Å². The van der Waals surface area contributed by atoms with Crippen molar-refractivity contribution < 1.29 is 14.6 Å². The summed E-state index contributed by atoms with van der Waals surface area (Å²) in [5, 5.41) is 12.4. The van der Waals surface area contributed by atoms with Crippen LogP contribution in [0, 0.1) is 5.41 Å². The molecule has 8 heteroatoms. The molecule has 3 N–H and O–H groups in total. The average molecular weight is 460 g/mol. The lowest BCUT2D eigenvalue weighted by Crippen LogP contribution is -2.43. The molecule has 0 unspecified atom stereocenters. The second-order valence-electron chi connectivity index (χ2n) is 10.3. The van der Waals surface area contributed by atoms with Gasteiger partial charge < -0.3 is 24.9 Å². The summed E-state index contributed by atoms with van der Waals surface area (Å²) in [4.78, 5) is 13.0. The fraction of sp³-hybridized carbons (Fsp3) is 0.423. The van der Waals surface area contributed by atoms with Gasteiger partial charge in [-0.1, -0.05) is 6.07 Å². The first-order chi connectivity index (χ1) is 16.3. The van der Waals surface area contributed by atoms with Gasteiger partial charge in [-0.2, -0.15) is 0 Å². The van der Waals surface area contributed by atoms with Crippen LogP contribution >= 0.6 is 0 Å². The van der Waals surface area contributed by atoms with E-state index in [1.807, 2.05) is 30.5 Å². The molecule has 0 aliphatic heterocycles. The van der Waals surface area contributed by atoms with E-state index in [0.717, 1.165) is 53.4 Å². The first kappa shape index (κ1) is 21.3. The van der Waals surface area contributed by atoms with Gasteiger partial charge >= 0.3 is 0 Å². The molecule has 2 aliphatic carbocycles. The highest BCUT2D eigenvalue weighted by Gasteiger charge is 2.55. The van der Waals surface area contributed by atoms with E-state index >= 15 is 0 Å². The predicted molar refractivity (Wildman–Crippen MR) is 129 cm³/mol. The van der Waals surface area contributed by atoms with E-state index in [4.69, 9.17) is 15.2 Å². The summed E-state index contributed by atoms with van der Waals surface area (Å²) in [5.41, 5.74) is 7.91. The summed E-state index contributed by atoms with van der Waals surface area (Å²) in [6.07, 6.45) is 9.01. The van der Waals surface area contributed by atoms with Crippen LogP contribution in [0.4, 0.5) is 5.82 Å². The van der Waals surface area contributed by atoms with Gasteiger partial charge in [0.25, 0.3) is 0 Å². The minimum atomic E-state index is -1.22. The summed E-state index contributed by atoms with van der Waals surface area (Å²) in [7, 11) is 0.